The van der Waals surface area contributed by atoms with Gasteiger partial charge in [0.1, 0.15) is 0 Å². The summed E-state index contributed by atoms with van der Waals surface area (Å²) in [6.07, 6.45) is 0.676. The van der Waals surface area contributed by atoms with Gasteiger partial charge in [0.2, 0.25) is 5.91 Å². The second-order valence-corrected chi connectivity index (χ2v) is 4.15. The fraction of sp³-hybridized carbons (Fsp3) is 0.385. The van der Waals surface area contributed by atoms with E-state index < -0.39 is 5.97 Å². The van der Waals surface area contributed by atoms with E-state index >= 15 is 0 Å². The van der Waals surface area contributed by atoms with E-state index in [0.717, 1.165) is 5.69 Å². The Balaban J connectivity index is 2.25. The number of carbonyl (C=O) groups excluding carboxylic acids is 1. The minimum Gasteiger partial charge on any atom is -0.481 e. The minimum atomic E-state index is -0.808. The highest BCUT2D eigenvalue weighted by molar-refractivity contribution is 5.92. The van der Waals surface area contributed by atoms with Crippen molar-refractivity contribution in [2.75, 3.05) is 25.5 Å². The molecule has 98 valence electrons. The van der Waals surface area contributed by atoms with Crippen LogP contribution < -0.4 is 5.32 Å². The number of likely N-dealkylation sites (N-methyl/N-ethyl adjacent to an activating group) is 1. The Kier molecular flexibility index (Phi) is 5.87. The number of nitrogens with zero attached hydrogens (tertiary/aromatic N) is 1. The summed E-state index contributed by atoms with van der Waals surface area (Å²) >= 11 is 0. The molecule has 0 spiro atoms. The predicted molar refractivity (Wildman–Crippen MR) is 69.4 cm³/mol. The topological polar surface area (TPSA) is 69.6 Å². The van der Waals surface area contributed by atoms with Crippen molar-refractivity contribution in [1.29, 1.82) is 0 Å². The summed E-state index contributed by atoms with van der Waals surface area (Å²) in [6, 6.07) is 9.23. The molecule has 0 aliphatic heterocycles. The second-order valence-electron chi connectivity index (χ2n) is 4.15. The first-order valence-electron chi connectivity index (χ1n) is 5.83. The summed E-state index contributed by atoms with van der Waals surface area (Å²) < 4.78 is 0. The third-order valence-electron chi connectivity index (χ3n) is 2.40. The average Bonchev–Trinajstić information content (AvgIpc) is 2.29. The van der Waals surface area contributed by atoms with Crippen LogP contribution in [0.3, 0.4) is 0 Å². The molecule has 0 heterocycles. The number of amides is 1. The lowest BCUT2D eigenvalue weighted by Gasteiger charge is -2.15. The molecule has 0 unspecified atom stereocenters. The summed E-state index contributed by atoms with van der Waals surface area (Å²) in [7, 11) is 1.80. The van der Waals surface area contributed by atoms with Gasteiger partial charge in [-0.15, -0.1) is 0 Å². The van der Waals surface area contributed by atoms with Gasteiger partial charge in [-0.3, -0.25) is 14.5 Å². The molecule has 2 N–H and O–H groups in total. The van der Waals surface area contributed by atoms with E-state index in [1.807, 2.05) is 30.3 Å². The number of carboxylic acid groups (broad SMARTS) is 1. The highest BCUT2D eigenvalue weighted by Gasteiger charge is 2.07. The second kappa shape index (κ2) is 7.45. The van der Waals surface area contributed by atoms with Crippen LogP contribution in [-0.2, 0) is 9.59 Å². The largest absolute Gasteiger partial charge is 0.481 e. The number of hydrogen-bond donors (Lipinski definition) is 2. The first-order chi connectivity index (χ1) is 8.58. The lowest BCUT2D eigenvalue weighted by Crippen LogP contribution is -2.31. The highest BCUT2D eigenvalue weighted by atomic mass is 16.4. The number of hydrogen-bond acceptors (Lipinski definition) is 3. The molecule has 0 aromatic heterocycles. The van der Waals surface area contributed by atoms with Crippen LogP contribution in [0.4, 0.5) is 5.69 Å². The van der Waals surface area contributed by atoms with E-state index in [4.69, 9.17) is 5.11 Å². The number of rotatable bonds is 7. The van der Waals surface area contributed by atoms with Gasteiger partial charge < -0.3 is 10.4 Å². The van der Waals surface area contributed by atoms with E-state index in [1.54, 1.807) is 11.9 Å². The molecule has 5 nitrogen and oxygen atoms in total. The molecule has 1 rings (SSSR count). The van der Waals surface area contributed by atoms with Gasteiger partial charge in [-0.25, -0.2) is 0 Å². The number of carboxylic acids is 1. The number of benzene rings is 1. The maximum Gasteiger partial charge on any atom is 0.303 e. The summed E-state index contributed by atoms with van der Waals surface area (Å²) in [5.74, 6) is -0.906. The van der Waals surface area contributed by atoms with Gasteiger partial charge in [-0.05, 0) is 32.1 Å². The Morgan fingerprint density at radius 2 is 1.94 bits per heavy atom. The zero-order chi connectivity index (χ0) is 13.4. The van der Waals surface area contributed by atoms with E-state index in [2.05, 4.69) is 5.32 Å². The Bertz CT molecular complexity index is 392. The lowest BCUT2D eigenvalue weighted by atomic mass is 10.3. The summed E-state index contributed by atoms with van der Waals surface area (Å²) in [6.45, 7) is 0.850. The minimum absolute atomic E-state index is 0.0981. The zero-order valence-corrected chi connectivity index (χ0v) is 10.4. The van der Waals surface area contributed by atoms with Crippen molar-refractivity contribution in [2.45, 2.75) is 12.8 Å². The predicted octanol–water partition coefficient (Wildman–Crippen LogP) is 1.42. The lowest BCUT2D eigenvalue weighted by molar-refractivity contribution is -0.137. The maximum absolute atomic E-state index is 11.7. The van der Waals surface area contributed by atoms with Crippen LogP contribution in [0.5, 0.6) is 0 Å². The Morgan fingerprint density at radius 3 is 2.56 bits per heavy atom. The molecule has 0 saturated heterocycles. The van der Waals surface area contributed by atoms with Crippen LogP contribution in [0.25, 0.3) is 0 Å². The monoisotopic (exact) mass is 250 g/mol. The number of nitrogens with one attached hydrogen (secondary N) is 1. The van der Waals surface area contributed by atoms with Crippen LogP contribution in [-0.4, -0.2) is 42.0 Å². The van der Waals surface area contributed by atoms with Crippen LogP contribution >= 0.6 is 0 Å². The summed E-state index contributed by atoms with van der Waals surface area (Å²) in [4.78, 5) is 23.8. The fourth-order valence-corrected chi connectivity index (χ4v) is 1.55. The van der Waals surface area contributed by atoms with Crippen LogP contribution in [0.15, 0.2) is 30.3 Å². The van der Waals surface area contributed by atoms with Crippen molar-refractivity contribution in [3.8, 4) is 0 Å². The molecular weight excluding hydrogens is 232 g/mol. The molecule has 1 amide bonds. The van der Waals surface area contributed by atoms with E-state index in [9.17, 15) is 9.59 Å². The molecule has 0 fully saturated rings. The summed E-state index contributed by atoms with van der Waals surface area (Å²) in [5, 5.41) is 11.3. The first kappa shape index (κ1) is 14.2. The molecule has 5 heteroatoms. The summed E-state index contributed by atoms with van der Waals surface area (Å²) in [5.41, 5.74) is 0.765. The number of aliphatic carboxylic acids is 1. The molecule has 1 aromatic carbocycles. The fourth-order valence-electron chi connectivity index (χ4n) is 1.55. The molecule has 0 radical (unpaired) electrons. The van der Waals surface area contributed by atoms with Crippen molar-refractivity contribution in [3.05, 3.63) is 30.3 Å². The Labute approximate surface area is 106 Å². The van der Waals surface area contributed by atoms with Crippen LogP contribution in [0, 0.1) is 0 Å². The van der Waals surface area contributed by atoms with Crippen molar-refractivity contribution in [1.82, 2.24) is 4.90 Å². The normalized spacial score (nSPS) is 10.3. The van der Waals surface area contributed by atoms with Gasteiger partial charge in [0.15, 0.2) is 0 Å². The standard InChI is InChI=1S/C13H18N2O3/c1-15(9-5-8-13(17)18)10-12(16)14-11-6-3-2-4-7-11/h2-4,6-7H,5,8-10H2,1H3,(H,14,16)(H,17,18). The van der Waals surface area contributed by atoms with Gasteiger partial charge in [0.05, 0.1) is 6.54 Å². The van der Waals surface area contributed by atoms with Gasteiger partial charge >= 0.3 is 5.97 Å². The SMILES string of the molecule is CN(CCCC(=O)O)CC(=O)Nc1ccccc1. The third kappa shape index (κ3) is 6.00. The van der Waals surface area contributed by atoms with Crippen LogP contribution in [0.2, 0.25) is 0 Å². The zero-order valence-electron chi connectivity index (χ0n) is 10.4. The number of anilines is 1. The smallest absolute Gasteiger partial charge is 0.303 e. The molecule has 18 heavy (non-hydrogen) atoms. The maximum atomic E-state index is 11.7. The van der Waals surface area contributed by atoms with Crippen molar-refractivity contribution < 1.29 is 14.7 Å². The van der Waals surface area contributed by atoms with Crippen molar-refractivity contribution >= 4 is 17.6 Å². The van der Waals surface area contributed by atoms with E-state index in [-0.39, 0.29) is 18.9 Å². The molecule has 0 aliphatic carbocycles. The van der Waals surface area contributed by atoms with E-state index in [1.165, 1.54) is 0 Å². The van der Waals surface area contributed by atoms with Crippen LogP contribution in [0.1, 0.15) is 12.8 Å². The number of para-hydroxylation sites is 1. The molecular formula is C13H18N2O3. The third-order valence-corrected chi connectivity index (χ3v) is 2.40. The van der Waals surface area contributed by atoms with Gasteiger partial charge in [0.25, 0.3) is 0 Å². The van der Waals surface area contributed by atoms with Gasteiger partial charge in [0, 0.05) is 12.1 Å². The van der Waals surface area contributed by atoms with Gasteiger partial charge in [-0.2, -0.15) is 0 Å². The molecule has 0 saturated carbocycles. The molecule has 1 aromatic rings. The quantitative estimate of drug-likeness (QED) is 0.768. The van der Waals surface area contributed by atoms with Crippen molar-refractivity contribution in [2.24, 2.45) is 0 Å². The highest BCUT2D eigenvalue weighted by Crippen LogP contribution is 2.04. The van der Waals surface area contributed by atoms with Crippen molar-refractivity contribution in [3.63, 3.8) is 0 Å². The first-order valence-corrected chi connectivity index (χ1v) is 5.83. The molecule has 0 atom stereocenters. The average molecular weight is 250 g/mol. The Morgan fingerprint density at radius 1 is 1.28 bits per heavy atom. The molecule has 0 aliphatic rings. The Hall–Kier alpha value is -1.88. The van der Waals surface area contributed by atoms with Gasteiger partial charge in [-0.1, -0.05) is 18.2 Å². The number of carbonyl (C=O) groups is 2. The van der Waals surface area contributed by atoms with E-state index in [0.29, 0.717) is 13.0 Å². The molecule has 0 bridgehead atoms.